The molecule has 1 heterocycles. The third-order valence-electron chi connectivity index (χ3n) is 5.08. The quantitative estimate of drug-likeness (QED) is 0.829. The largest absolute Gasteiger partial charge is 0.378 e. The molecule has 0 aromatic rings. The molecule has 19 heavy (non-hydrogen) atoms. The van der Waals surface area contributed by atoms with Crippen LogP contribution in [-0.2, 0) is 9.53 Å². The Morgan fingerprint density at radius 3 is 2.63 bits per heavy atom. The van der Waals surface area contributed by atoms with Gasteiger partial charge in [0.1, 0.15) is 0 Å². The minimum Gasteiger partial charge on any atom is -0.378 e. The Kier molecular flexibility index (Phi) is 4.42. The van der Waals surface area contributed by atoms with Crippen molar-refractivity contribution in [3.05, 3.63) is 0 Å². The van der Waals surface area contributed by atoms with Crippen LogP contribution in [0.3, 0.4) is 0 Å². The molecule has 1 N–H and O–H groups in total. The lowest BCUT2D eigenvalue weighted by Gasteiger charge is -2.30. The summed E-state index contributed by atoms with van der Waals surface area (Å²) in [7, 11) is 0. The number of hydrogen-bond donors (Lipinski definition) is 1. The molecule has 1 aliphatic heterocycles. The fourth-order valence-electron chi connectivity index (χ4n) is 3.69. The third-order valence-corrected chi connectivity index (χ3v) is 5.08. The van der Waals surface area contributed by atoms with Crippen molar-refractivity contribution in [2.24, 2.45) is 11.8 Å². The molecule has 2 atom stereocenters. The second-order valence-electron chi connectivity index (χ2n) is 6.72. The van der Waals surface area contributed by atoms with Gasteiger partial charge >= 0.3 is 0 Å². The molecule has 108 valence electrons. The van der Waals surface area contributed by atoms with Crippen LogP contribution >= 0.6 is 0 Å². The first-order valence-corrected chi connectivity index (χ1v) is 8.22. The topological polar surface area (TPSA) is 38.3 Å². The molecule has 0 aromatic carbocycles. The zero-order valence-corrected chi connectivity index (χ0v) is 11.9. The first-order valence-electron chi connectivity index (χ1n) is 8.22. The molecule has 3 aliphatic rings. The number of amides is 1. The van der Waals surface area contributed by atoms with E-state index >= 15 is 0 Å². The summed E-state index contributed by atoms with van der Waals surface area (Å²) >= 11 is 0. The minimum atomic E-state index is 0.272. The van der Waals surface area contributed by atoms with E-state index in [1.807, 2.05) is 0 Å². The van der Waals surface area contributed by atoms with E-state index in [9.17, 15) is 4.79 Å². The Hall–Kier alpha value is -0.570. The van der Waals surface area contributed by atoms with Crippen molar-refractivity contribution in [1.29, 1.82) is 0 Å². The fourth-order valence-corrected chi connectivity index (χ4v) is 3.69. The molecule has 2 saturated carbocycles. The summed E-state index contributed by atoms with van der Waals surface area (Å²) in [6.07, 6.45) is 12.4. The van der Waals surface area contributed by atoms with Gasteiger partial charge in [-0.2, -0.15) is 0 Å². The number of ether oxygens (including phenoxy) is 1. The van der Waals surface area contributed by atoms with Gasteiger partial charge in [-0.05, 0) is 43.9 Å². The highest BCUT2D eigenvalue weighted by atomic mass is 16.5. The molecular weight excluding hydrogens is 238 g/mol. The summed E-state index contributed by atoms with van der Waals surface area (Å²) in [4.78, 5) is 12.0. The van der Waals surface area contributed by atoms with E-state index in [4.69, 9.17) is 4.74 Å². The average Bonchev–Trinajstić information content (AvgIpc) is 3.14. The molecule has 3 heteroatoms. The monoisotopic (exact) mass is 265 g/mol. The van der Waals surface area contributed by atoms with E-state index in [1.165, 1.54) is 38.5 Å². The highest BCUT2D eigenvalue weighted by Crippen LogP contribution is 2.38. The summed E-state index contributed by atoms with van der Waals surface area (Å²) < 4.78 is 5.80. The zero-order chi connectivity index (χ0) is 13.1. The van der Waals surface area contributed by atoms with Crippen LogP contribution in [0.25, 0.3) is 0 Å². The molecule has 0 unspecified atom stereocenters. The average molecular weight is 265 g/mol. The summed E-state index contributed by atoms with van der Waals surface area (Å²) in [6.45, 7) is 0.828. The highest BCUT2D eigenvalue weighted by molar-refractivity contribution is 5.76. The van der Waals surface area contributed by atoms with Gasteiger partial charge in [-0.3, -0.25) is 4.79 Å². The van der Waals surface area contributed by atoms with Crippen LogP contribution in [-0.4, -0.2) is 24.7 Å². The van der Waals surface area contributed by atoms with Crippen molar-refractivity contribution < 1.29 is 9.53 Å². The van der Waals surface area contributed by atoms with Gasteiger partial charge in [0.2, 0.25) is 5.91 Å². The van der Waals surface area contributed by atoms with Crippen LogP contribution in [0.15, 0.2) is 0 Å². The number of nitrogens with one attached hydrogen (secondary N) is 1. The normalized spacial score (nSPS) is 32.4. The predicted molar refractivity (Wildman–Crippen MR) is 74.8 cm³/mol. The Bertz CT molecular complexity index is 308. The Morgan fingerprint density at radius 1 is 1.11 bits per heavy atom. The lowest BCUT2D eigenvalue weighted by molar-refractivity contribution is -0.123. The minimum absolute atomic E-state index is 0.272. The lowest BCUT2D eigenvalue weighted by atomic mass is 9.98. The van der Waals surface area contributed by atoms with E-state index in [1.54, 1.807) is 0 Å². The molecule has 3 nitrogen and oxygen atoms in total. The zero-order valence-electron chi connectivity index (χ0n) is 11.9. The van der Waals surface area contributed by atoms with Crippen LogP contribution in [0.2, 0.25) is 0 Å². The third kappa shape index (κ3) is 3.95. The summed E-state index contributed by atoms with van der Waals surface area (Å²) in [5, 5.41) is 3.24. The van der Waals surface area contributed by atoms with Crippen molar-refractivity contribution >= 4 is 5.91 Å². The van der Waals surface area contributed by atoms with Gasteiger partial charge in [0.25, 0.3) is 0 Å². The smallest absolute Gasteiger partial charge is 0.220 e. The molecule has 0 radical (unpaired) electrons. The SMILES string of the molecule is O=C(CCC1CCCC1)N[C@@H]1CCO[C@H](C2CC2)C1. The molecule has 1 saturated heterocycles. The number of carbonyl (C=O) groups is 1. The van der Waals surface area contributed by atoms with Crippen molar-refractivity contribution in [3.8, 4) is 0 Å². The fraction of sp³-hybridized carbons (Fsp3) is 0.938. The van der Waals surface area contributed by atoms with Crippen molar-refractivity contribution in [2.75, 3.05) is 6.61 Å². The first-order chi connectivity index (χ1) is 9.31. The maximum absolute atomic E-state index is 12.0. The van der Waals surface area contributed by atoms with Crippen LogP contribution in [0.4, 0.5) is 0 Å². The number of hydrogen-bond acceptors (Lipinski definition) is 2. The predicted octanol–water partition coefficient (Wildman–Crippen LogP) is 3.03. The van der Waals surface area contributed by atoms with E-state index in [0.717, 1.165) is 44.1 Å². The van der Waals surface area contributed by atoms with Gasteiger partial charge in [0.15, 0.2) is 0 Å². The van der Waals surface area contributed by atoms with E-state index in [0.29, 0.717) is 12.1 Å². The molecule has 3 fully saturated rings. The number of carbonyl (C=O) groups excluding carboxylic acids is 1. The van der Waals surface area contributed by atoms with Crippen molar-refractivity contribution in [2.45, 2.75) is 76.4 Å². The van der Waals surface area contributed by atoms with Crippen LogP contribution < -0.4 is 5.32 Å². The van der Waals surface area contributed by atoms with Crippen LogP contribution in [0.1, 0.15) is 64.2 Å². The second kappa shape index (κ2) is 6.25. The van der Waals surface area contributed by atoms with Gasteiger partial charge in [-0.25, -0.2) is 0 Å². The second-order valence-corrected chi connectivity index (χ2v) is 6.72. The van der Waals surface area contributed by atoms with Gasteiger partial charge in [-0.15, -0.1) is 0 Å². The van der Waals surface area contributed by atoms with Gasteiger partial charge in [0, 0.05) is 19.1 Å². The number of rotatable bonds is 5. The molecule has 1 amide bonds. The van der Waals surface area contributed by atoms with E-state index in [-0.39, 0.29) is 5.91 Å². The van der Waals surface area contributed by atoms with Gasteiger partial charge < -0.3 is 10.1 Å². The Balaban J connectivity index is 1.36. The van der Waals surface area contributed by atoms with Gasteiger partial charge in [0.05, 0.1) is 6.10 Å². The van der Waals surface area contributed by atoms with Crippen LogP contribution in [0, 0.1) is 11.8 Å². The molecule has 0 aromatic heterocycles. The van der Waals surface area contributed by atoms with E-state index < -0.39 is 0 Å². The van der Waals surface area contributed by atoms with Crippen LogP contribution in [0.5, 0.6) is 0 Å². The standard InChI is InChI=1S/C16H27NO2/c18-16(8-5-12-3-1-2-4-12)17-14-9-10-19-15(11-14)13-6-7-13/h12-15H,1-11H2,(H,17,18)/t14-,15+/m1/s1. The Morgan fingerprint density at radius 2 is 1.89 bits per heavy atom. The maximum atomic E-state index is 12.0. The summed E-state index contributed by atoms with van der Waals surface area (Å²) in [5.41, 5.74) is 0. The lowest BCUT2D eigenvalue weighted by Crippen LogP contribution is -2.42. The summed E-state index contributed by atoms with van der Waals surface area (Å²) in [6, 6.07) is 0.371. The molecule has 2 aliphatic carbocycles. The van der Waals surface area contributed by atoms with Gasteiger partial charge in [-0.1, -0.05) is 25.7 Å². The van der Waals surface area contributed by atoms with Crippen molar-refractivity contribution in [1.82, 2.24) is 5.32 Å². The molecule has 0 bridgehead atoms. The first kappa shape index (κ1) is 13.4. The summed E-state index contributed by atoms with van der Waals surface area (Å²) in [5.74, 6) is 1.88. The highest BCUT2D eigenvalue weighted by Gasteiger charge is 2.36. The van der Waals surface area contributed by atoms with Crippen molar-refractivity contribution in [3.63, 3.8) is 0 Å². The molecule has 0 spiro atoms. The Labute approximate surface area is 116 Å². The van der Waals surface area contributed by atoms with E-state index in [2.05, 4.69) is 5.32 Å². The molecular formula is C16H27NO2. The maximum Gasteiger partial charge on any atom is 0.220 e. The molecule has 3 rings (SSSR count).